The van der Waals surface area contributed by atoms with Crippen LogP contribution in [0, 0.1) is 5.92 Å². The Morgan fingerprint density at radius 2 is 1.96 bits per heavy atom. The standard InChI is InChI=1S/C17H25N3O3/c18-16(21)9-12-23-15-4-2-1-3-14(15)20-17(22)6-5-13-7-10-19-11-8-13/h1-4,13,19H,5-12H2,(H2,18,21)(H,20,22). The molecule has 2 amide bonds. The zero-order valence-electron chi connectivity index (χ0n) is 13.3. The monoisotopic (exact) mass is 319 g/mol. The summed E-state index contributed by atoms with van der Waals surface area (Å²) >= 11 is 0. The lowest BCUT2D eigenvalue weighted by Crippen LogP contribution is -2.28. The maximum absolute atomic E-state index is 12.1. The summed E-state index contributed by atoms with van der Waals surface area (Å²) in [6.45, 7) is 2.29. The van der Waals surface area contributed by atoms with E-state index in [1.54, 1.807) is 12.1 Å². The minimum atomic E-state index is -0.409. The Hall–Kier alpha value is -2.08. The first-order valence-electron chi connectivity index (χ1n) is 8.16. The third-order valence-corrected chi connectivity index (χ3v) is 4.01. The third kappa shape index (κ3) is 6.28. The summed E-state index contributed by atoms with van der Waals surface area (Å²) in [6.07, 6.45) is 3.86. The van der Waals surface area contributed by atoms with Gasteiger partial charge in [-0.25, -0.2) is 0 Å². The molecule has 6 nitrogen and oxygen atoms in total. The number of anilines is 1. The number of carbonyl (C=O) groups excluding carboxylic acids is 2. The van der Waals surface area contributed by atoms with E-state index in [1.165, 1.54) is 0 Å². The van der Waals surface area contributed by atoms with Crippen molar-refractivity contribution in [2.75, 3.05) is 25.0 Å². The summed E-state index contributed by atoms with van der Waals surface area (Å²) in [7, 11) is 0. The van der Waals surface area contributed by atoms with E-state index in [0.29, 0.717) is 23.8 Å². The van der Waals surface area contributed by atoms with Gasteiger partial charge in [0.15, 0.2) is 0 Å². The Bertz CT molecular complexity index is 528. The highest BCUT2D eigenvalue weighted by molar-refractivity contribution is 5.92. The number of amides is 2. The smallest absolute Gasteiger partial charge is 0.224 e. The van der Waals surface area contributed by atoms with Gasteiger partial charge in [-0.2, -0.15) is 0 Å². The van der Waals surface area contributed by atoms with E-state index < -0.39 is 5.91 Å². The van der Waals surface area contributed by atoms with Crippen LogP contribution in [0.1, 0.15) is 32.1 Å². The summed E-state index contributed by atoms with van der Waals surface area (Å²) in [4.78, 5) is 22.9. The highest BCUT2D eigenvalue weighted by atomic mass is 16.5. The summed E-state index contributed by atoms with van der Waals surface area (Å²) in [5, 5.41) is 6.22. The van der Waals surface area contributed by atoms with Crippen LogP contribution >= 0.6 is 0 Å². The fourth-order valence-corrected chi connectivity index (χ4v) is 2.68. The topological polar surface area (TPSA) is 93.5 Å². The molecule has 0 bridgehead atoms. The number of carbonyl (C=O) groups is 2. The lowest BCUT2D eigenvalue weighted by Gasteiger charge is -2.22. The number of nitrogens with two attached hydrogens (primary N) is 1. The highest BCUT2D eigenvalue weighted by Gasteiger charge is 2.15. The molecule has 0 unspecified atom stereocenters. The van der Waals surface area contributed by atoms with E-state index >= 15 is 0 Å². The van der Waals surface area contributed by atoms with E-state index in [0.717, 1.165) is 32.4 Å². The Labute approximate surface area is 136 Å². The number of ether oxygens (including phenoxy) is 1. The summed E-state index contributed by atoms with van der Waals surface area (Å²) in [6, 6.07) is 7.22. The Kier molecular flexibility index (Phi) is 6.87. The van der Waals surface area contributed by atoms with Crippen molar-refractivity contribution in [2.24, 2.45) is 11.7 Å². The van der Waals surface area contributed by atoms with E-state index in [2.05, 4.69) is 10.6 Å². The number of hydrogen-bond donors (Lipinski definition) is 3. The fourth-order valence-electron chi connectivity index (χ4n) is 2.68. The molecule has 4 N–H and O–H groups in total. The van der Waals surface area contributed by atoms with Crippen LogP contribution < -0.4 is 21.1 Å². The third-order valence-electron chi connectivity index (χ3n) is 4.01. The van der Waals surface area contributed by atoms with Gasteiger partial charge in [0.1, 0.15) is 5.75 Å². The van der Waals surface area contributed by atoms with Crippen LogP contribution in [0.2, 0.25) is 0 Å². The molecule has 0 saturated carbocycles. The molecule has 0 spiro atoms. The average Bonchev–Trinajstić information content (AvgIpc) is 2.55. The van der Waals surface area contributed by atoms with Crippen LogP contribution in [0.25, 0.3) is 0 Å². The molecule has 0 radical (unpaired) electrons. The second-order valence-corrected chi connectivity index (χ2v) is 5.84. The highest BCUT2D eigenvalue weighted by Crippen LogP contribution is 2.25. The van der Waals surface area contributed by atoms with Crippen molar-refractivity contribution >= 4 is 17.5 Å². The van der Waals surface area contributed by atoms with Crippen molar-refractivity contribution in [1.82, 2.24) is 5.32 Å². The molecule has 1 aromatic carbocycles. The van der Waals surface area contributed by atoms with E-state index in [9.17, 15) is 9.59 Å². The molecule has 2 rings (SSSR count). The molecule has 1 heterocycles. The largest absolute Gasteiger partial charge is 0.491 e. The minimum Gasteiger partial charge on any atom is -0.491 e. The molecule has 1 aromatic rings. The molecular formula is C17H25N3O3. The fraction of sp³-hybridized carbons (Fsp3) is 0.529. The van der Waals surface area contributed by atoms with Crippen molar-refractivity contribution in [3.8, 4) is 5.75 Å². The first-order valence-corrected chi connectivity index (χ1v) is 8.16. The predicted octanol–water partition coefficient (Wildman–Crippen LogP) is 1.66. The zero-order valence-corrected chi connectivity index (χ0v) is 13.3. The molecule has 0 aliphatic carbocycles. The second-order valence-electron chi connectivity index (χ2n) is 5.84. The van der Waals surface area contributed by atoms with Crippen LogP contribution in [0.4, 0.5) is 5.69 Å². The summed E-state index contributed by atoms with van der Waals surface area (Å²) in [5.41, 5.74) is 5.72. The molecule has 0 atom stereocenters. The Balaban J connectivity index is 1.81. The van der Waals surface area contributed by atoms with Crippen molar-refractivity contribution in [3.05, 3.63) is 24.3 Å². The van der Waals surface area contributed by atoms with Gasteiger partial charge in [-0.1, -0.05) is 12.1 Å². The van der Waals surface area contributed by atoms with Gasteiger partial charge in [0.05, 0.1) is 18.7 Å². The quantitative estimate of drug-likeness (QED) is 0.679. The normalized spacial score (nSPS) is 15.1. The number of hydrogen-bond acceptors (Lipinski definition) is 4. The first-order chi connectivity index (χ1) is 11.1. The number of piperidine rings is 1. The molecule has 1 saturated heterocycles. The maximum Gasteiger partial charge on any atom is 0.224 e. The van der Waals surface area contributed by atoms with Crippen molar-refractivity contribution < 1.29 is 14.3 Å². The lowest BCUT2D eigenvalue weighted by molar-refractivity contribution is -0.118. The molecule has 1 aliphatic heterocycles. The molecule has 23 heavy (non-hydrogen) atoms. The molecule has 1 fully saturated rings. The summed E-state index contributed by atoms with van der Waals surface area (Å²) < 4.78 is 5.52. The average molecular weight is 319 g/mol. The van der Waals surface area contributed by atoms with E-state index in [1.807, 2.05) is 12.1 Å². The molecule has 126 valence electrons. The first kappa shape index (κ1) is 17.3. The van der Waals surface area contributed by atoms with Gasteiger partial charge < -0.3 is 21.1 Å². The SMILES string of the molecule is NC(=O)CCOc1ccccc1NC(=O)CCC1CCNCC1. The number of para-hydroxylation sites is 2. The van der Waals surface area contributed by atoms with Gasteiger partial charge in [0.2, 0.25) is 11.8 Å². The second kappa shape index (κ2) is 9.15. The number of rotatable bonds is 8. The van der Waals surface area contributed by atoms with E-state index in [-0.39, 0.29) is 18.9 Å². The molecular weight excluding hydrogens is 294 g/mol. The molecule has 6 heteroatoms. The van der Waals surface area contributed by atoms with Crippen LogP contribution in [-0.2, 0) is 9.59 Å². The lowest BCUT2D eigenvalue weighted by atomic mass is 9.93. The van der Waals surface area contributed by atoms with Crippen molar-refractivity contribution in [1.29, 1.82) is 0 Å². The van der Waals surface area contributed by atoms with Gasteiger partial charge in [-0.15, -0.1) is 0 Å². The predicted molar refractivity (Wildman–Crippen MR) is 89.2 cm³/mol. The van der Waals surface area contributed by atoms with Crippen LogP contribution in [-0.4, -0.2) is 31.5 Å². The number of nitrogens with one attached hydrogen (secondary N) is 2. The van der Waals surface area contributed by atoms with Crippen LogP contribution in [0.5, 0.6) is 5.75 Å². The van der Waals surface area contributed by atoms with Crippen molar-refractivity contribution in [2.45, 2.75) is 32.1 Å². The van der Waals surface area contributed by atoms with Gasteiger partial charge in [0, 0.05) is 6.42 Å². The zero-order chi connectivity index (χ0) is 16.5. The van der Waals surface area contributed by atoms with Gasteiger partial charge in [0.25, 0.3) is 0 Å². The molecule has 1 aliphatic rings. The van der Waals surface area contributed by atoms with Crippen molar-refractivity contribution in [3.63, 3.8) is 0 Å². The van der Waals surface area contributed by atoms with Gasteiger partial charge >= 0.3 is 0 Å². The Morgan fingerprint density at radius 1 is 1.22 bits per heavy atom. The minimum absolute atomic E-state index is 0.00511. The maximum atomic E-state index is 12.1. The molecule has 0 aromatic heterocycles. The van der Waals surface area contributed by atoms with Crippen LogP contribution in [0.15, 0.2) is 24.3 Å². The van der Waals surface area contributed by atoms with E-state index in [4.69, 9.17) is 10.5 Å². The van der Waals surface area contributed by atoms with Crippen LogP contribution in [0.3, 0.4) is 0 Å². The Morgan fingerprint density at radius 3 is 2.70 bits per heavy atom. The van der Waals surface area contributed by atoms with Gasteiger partial charge in [-0.05, 0) is 50.4 Å². The number of benzene rings is 1. The number of primary amides is 1. The summed E-state index contributed by atoms with van der Waals surface area (Å²) in [5.74, 6) is 0.774. The van der Waals surface area contributed by atoms with Gasteiger partial charge in [-0.3, -0.25) is 9.59 Å².